The molecule has 0 aliphatic heterocycles. The highest BCUT2D eigenvalue weighted by molar-refractivity contribution is 6.33. The predicted octanol–water partition coefficient (Wildman–Crippen LogP) is 4.98. The second-order valence-corrected chi connectivity index (χ2v) is 6.94. The van der Waals surface area contributed by atoms with E-state index in [4.69, 9.17) is 11.6 Å². The summed E-state index contributed by atoms with van der Waals surface area (Å²) in [5, 5.41) is 20.3. The van der Waals surface area contributed by atoms with E-state index < -0.39 is 0 Å². The van der Waals surface area contributed by atoms with Crippen molar-refractivity contribution in [2.24, 2.45) is 0 Å². The average molecular weight is 401 g/mol. The summed E-state index contributed by atoms with van der Waals surface area (Å²) in [7, 11) is 0. The quantitative estimate of drug-likeness (QED) is 0.493. The maximum atomic E-state index is 9.17. The topological polar surface area (TPSA) is 90.3 Å². The van der Waals surface area contributed by atoms with Gasteiger partial charge in [0.05, 0.1) is 40.3 Å². The molecule has 0 saturated heterocycles. The van der Waals surface area contributed by atoms with Gasteiger partial charge < -0.3 is 5.32 Å². The fourth-order valence-corrected chi connectivity index (χ4v) is 3.17. The summed E-state index contributed by atoms with van der Waals surface area (Å²) in [4.78, 5) is 8.96. The van der Waals surface area contributed by atoms with Gasteiger partial charge in [-0.25, -0.2) is 9.97 Å². The summed E-state index contributed by atoms with van der Waals surface area (Å²) in [5.41, 5.74) is 5.66. The molecule has 142 valence electrons. The third kappa shape index (κ3) is 4.10. The molecule has 4 aromatic rings. The number of hydrogen-bond acceptors (Lipinski definition) is 5. The zero-order valence-corrected chi connectivity index (χ0v) is 16.4. The second kappa shape index (κ2) is 8.13. The molecule has 6 nitrogen and oxygen atoms in total. The van der Waals surface area contributed by atoms with Crippen molar-refractivity contribution in [1.29, 1.82) is 5.26 Å². The van der Waals surface area contributed by atoms with Gasteiger partial charge in [0.15, 0.2) is 0 Å². The molecule has 0 aliphatic carbocycles. The predicted molar refractivity (Wildman–Crippen MR) is 113 cm³/mol. The summed E-state index contributed by atoms with van der Waals surface area (Å²) in [6.45, 7) is 2.41. The van der Waals surface area contributed by atoms with E-state index in [1.165, 1.54) is 0 Å². The summed E-state index contributed by atoms with van der Waals surface area (Å²) in [5.74, 6) is 0.472. The first kappa shape index (κ1) is 18.7. The monoisotopic (exact) mass is 400 g/mol. The Morgan fingerprint density at radius 1 is 1.14 bits per heavy atom. The zero-order valence-electron chi connectivity index (χ0n) is 15.6. The number of aromatic nitrogens is 4. The number of benzene rings is 2. The molecular weight excluding hydrogens is 384 g/mol. The Bertz CT molecular complexity index is 1190. The molecule has 7 heteroatoms. The second-order valence-electron chi connectivity index (χ2n) is 6.53. The summed E-state index contributed by atoms with van der Waals surface area (Å²) in [6, 6.07) is 19.2. The molecule has 2 N–H and O–H groups in total. The van der Waals surface area contributed by atoms with Crippen LogP contribution in [0.15, 0.2) is 60.8 Å². The molecule has 0 aliphatic rings. The Hall–Kier alpha value is -3.69. The van der Waals surface area contributed by atoms with Crippen LogP contribution in [0.5, 0.6) is 0 Å². The number of halogens is 1. The Kier molecular flexibility index (Phi) is 5.23. The smallest absolute Gasteiger partial charge is 0.223 e. The highest BCUT2D eigenvalue weighted by Gasteiger charge is 2.12. The van der Waals surface area contributed by atoms with E-state index in [0.717, 1.165) is 22.5 Å². The minimum Gasteiger partial charge on any atom is -0.349 e. The molecule has 2 aromatic carbocycles. The highest BCUT2D eigenvalue weighted by Crippen LogP contribution is 2.30. The van der Waals surface area contributed by atoms with E-state index in [2.05, 4.69) is 31.6 Å². The van der Waals surface area contributed by atoms with Crippen LogP contribution in [0.2, 0.25) is 5.02 Å². The minimum absolute atomic E-state index is 0.472. The van der Waals surface area contributed by atoms with Crippen molar-refractivity contribution in [2.75, 3.05) is 5.32 Å². The van der Waals surface area contributed by atoms with Crippen LogP contribution in [0.1, 0.15) is 16.8 Å². The first-order chi connectivity index (χ1) is 14.1. The third-order valence-corrected chi connectivity index (χ3v) is 4.79. The van der Waals surface area contributed by atoms with Gasteiger partial charge in [-0.05, 0) is 36.8 Å². The lowest BCUT2D eigenvalue weighted by Gasteiger charge is -2.10. The molecule has 2 heterocycles. The van der Waals surface area contributed by atoms with Crippen molar-refractivity contribution in [3.63, 3.8) is 0 Å². The number of aryl methyl sites for hydroxylation is 1. The van der Waals surface area contributed by atoms with Crippen LogP contribution in [0.25, 0.3) is 22.5 Å². The molecule has 0 radical (unpaired) electrons. The fourth-order valence-electron chi connectivity index (χ4n) is 2.96. The Labute approximate surface area is 173 Å². The number of H-pyrrole nitrogens is 1. The van der Waals surface area contributed by atoms with Gasteiger partial charge in [0, 0.05) is 17.3 Å². The normalized spacial score (nSPS) is 10.5. The maximum Gasteiger partial charge on any atom is 0.223 e. The van der Waals surface area contributed by atoms with Gasteiger partial charge >= 0.3 is 0 Å². The summed E-state index contributed by atoms with van der Waals surface area (Å²) in [6.07, 6.45) is 1.74. The van der Waals surface area contributed by atoms with E-state index in [1.54, 1.807) is 24.4 Å². The fraction of sp³-hybridized carbons (Fsp3) is 0.0909. The molecule has 0 unspecified atom stereocenters. The molecule has 29 heavy (non-hydrogen) atoms. The molecule has 0 bridgehead atoms. The third-order valence-electron chi connectivity index (χ3n) is 4.46. The van der Waals surface area contributed by atoms with Crippen molar-refractivity contribution in [1.82, 2.24) is 20.2 Å². The van der Waals surface area contributed by atoms with Crippen LogP contribution in [0.3, 0.4) is 0 Å². The van der Waals surface area contributed by atoms with Crippen molar-refractivity contribution in [2.45, 2.75) is 13.5 Å². The number of nitriles is 1. The van der Waals surface area contributed by atoms with E-state index in [9.17, 15) is 5.26 Å². The SMILES string of the molecule is Cc1cnc(NCc2cc(-c3ccccc3)n[nH]2)nc1-c1cc(C#N)ccc1Cl. The van der Waals surface area contributed by atoms with Crippen LogP contribution in [-0.2, 0) is 6.54 Å². The average Bonchev–Trinajstić information content (AvgIpc) is 3.23. The van der Waals surface area contributed by atoms with Crippen LogP contribution < -0.4 is 5.32 Å². The van der Waals surface area contributed by atoms with E-state index in [0.29, 0.717) is 34.3 Å². The number of aromatic amines is 1. The lowest BCUT2D eigenvalue weighted by atomic mass is 10.1. The van der Waals surface area contributed by atoms with E-state index in [1.807, 2.05) is 43.3 Å². The van der Waals surface area contributed by atoms with Crippen LogP contribution in [0, 0.1) is 18.3 Å². The van der Waals surface area contributed by atoms with Gasteiger partial charge in [-0.15, -0.1) is 0 Å². The largest absolute Gasteiger partial charge is 0.349 e. The van der Waals surface area contributed by atoms with Crippen molar-refractivity contribution in [3.05, 3.63) is 82.6 Å². The van der Waals surface area contributed by atoms with Gasteiger partial charge in [0.1, 0.15) is 0 Å². The lowest BCUT2D eigenvalue weighted by molar-refractivity contribution is 0.961. The molecule has 2 aromatic heterocycles. The maximum absolute atomic E-state index is 9.17. The van der Waals surface area contributed by atoms with E-state index >= 15 is 0 Å². The number of nitrogens with one attached hydrogen (secondary N) is 2. The van der Waals surface area contributed by atoms with Gasteiger partial charge in [0.2, 0.25) is 5.95 Å². The molecule has 0 amide bonds. The van der Waals surface area contributed by atoms with Gasteiger partial charge in [-0.2, -0.15) is 10.4 Å². The van der Waals surface area contributed by atoms with E-state index in [-0.39, 0.29) is 0 Å². The molecule has 0 spiro atoms. The van der Waals surface area contributed by atoms with Crippen LogP contribution >= 0.6 is 11.6 Å². The highest BCUT2D eigenvalue weighted by atomic mass is 35.5. The molecule has 0 saturated carbocycles. The molecule has 4 rings (SSSR count). The zero-order chi connectivity index (χ0) is 20.2. The van der Waals surface area contributed by atoms with Gasteiger partial charge in [-0.3, -0.25) is 5.10 Å². The summed E-state index contributed by atoms with van der Waals surface area (Å²) < 4.78 is 0. The number of anilines is 1. The van der Waals surface area contributed by atoms with Crippen LogP contribution in [-0.4, -0.2) is 20.2 Å². The van der Waals surface area contributed by atoms with Crippen molar-refractivity contribution in [3.8, 4) is 28.6 Å². The number of hydrogen-bond donors (Lipinski definition) is 2. The minimum atomic E-state index is 0.472. The Morgan fingerprint density at radius 3 is 2.76 bits per heavy atom. The standard InChI is InChI=1S/C22H17ClN6/c1-14-12-25-22(27-21(14)18-9-15(11-24)7-8-19(18)23)26-13-17-10-20(29-28-17)16-5-3-2-4-6-16/h2-10,12H,13H2,1H3,(H,28,29)(H,25,26,27). The van der Waals surface area contributed by atoms with Crippen molar-refractivity contribution >= 4 is 17.5 Å². The number of nitrogens with zero attached hydrogens (tertiary/aromatic N) is 4. The molecule has 0 atom stereocenters. The number of rotatable bonds is 5. The first-order valence-electron chi connectivity index (χ1n) is 9.01. The van der Waals surface area contributed by atoms with Gasteiger partial charge in [0.25, 0.3) is 0 Å². The first-order valence-corrected chi connectivity index (χ1v) is 9.39. The molecule has 0 fully saturated rings. The lowest BCUT2D eigenvalue weighted by Crippen LogP contribution is -2.05. The Morgan fingerprint density at radius 2 is 1.97 bits per heavy atom. The van der Waals surface area contributed by atoms with Gasteiger partial charge in [-0.1, -0.05) is 41.9 Å². The summed E-state index contributed by atoms with van der Waals surface area (Å²) >= 11 is 6.34. The van der Waals surface area contributed by atoms with Crippen LogP contribution in [0.4, 0.5) is 5.95 Å². The van der Waals surface area contributed by atoms with Crippen molar-refractivity contribution < 1.29 is 0 Å². The molecular formula is C22H17ClN6. The Balaban J connectivity index is 1.55.